The van der Waals surface area contributed by atoms with Gasteiger partial charge in [-0.15, -0.1) is 11.3 Å². The van der Waals surface area contributed by atoms with Crippen LogP contribution in [0.3, 0.4) is 0 Å². The quantitative estimate of drug-likeness (QED) is 0.195. The number of nitrogen functional groups attached to an aromatic ring is 1. The number of amides is 1. The number of phenols is 2. The van der Waals surface area contributed by atoms with Gasteiger partial charge in [-0.3, -0.25) is 4.79 Å². The molecule has 0 aliphatic heterocycles. The van der Waals surface area contributed by atoms with Crippen molar-refractivity contribution in [2.24, 2.45) is 0 Å². The summed E-state index contributed by atoms with van der Waals surface area (Å²) < 4.78 is 0.671. The van der Waals surface area contributed by atoms with Gasteiger partial charge in [-0.25, -0.2) is 15.0 Å². The zero-order valence-corrected chi connectivity index (χ0v) is 18.1. The third-order valence-corrected chi connectivity index (χ3v) is 6.25. The molecule has 0 bridgehead atoms. The molecule has 0 radical (unpaired) electrons. The molecule has 0 fully saturated rings. The summed E-state index contributed by atoms with van der Waals surface area (Å²) in [5.74, 6) is 0.128. The Bertz CT molecular complexity index is 1550. The smallest absolute Gasteiger partial charge is 0.258 e. The third-order valence-electron chi connectivity index (χ3n) is 5.26. The molecule has 5 rings (SSSR count). The standard InChI is InChI=1S/C23H18N6O3S/c1-11-2-4-14-13(6-7-25-22(14)28-12-3-5-16(30)17(31)8-12)18(11)29-23(32)15-9-33-20-19(15)26-10-27-21(20)24/h2-10,30-31H,1H3,(H,25,28)(H,29,32)(H2,24,26,27). The van der Waals surface area contributed by atoms with Crippen LogP contribution in [0.4, 0.5) is 23.0 Å². The molecule has 0 atom stereocenters. The number of aryl methyl sites for hydroxylation is 1. The number of phenolic OH excluding ortho intramolecular Hbond substituents is 2. The summed E-state index contributed by atoms with van der Waals surface area (Å²) in [6.45, 7) is 1.91. The fourth-order valence-electron chi connectivity index (χ4n) is 3.58. The zero-order valence-electron chi connectivity index (χ0n) is 17.3. The number of nitrogens with one attached hydrogen (secondary N) is 2. The van der Waals surface area contributed by atoms with E-state index < -0.39 is 0 Å². The van der Waals surface area contributed by atoms with Gasteiger partial charge in [-0.05, 0) is 30.7 Å². The average molecular weight is 459 g/mol. The van der Waals surface area contributed by atoms with E-state index in [1.54, 1.807) is 17.6 Å². The SMILES string of the molecule is Cc1ccc2c(Nc3ccc(O)c(O)c3)nccc2c1NC(=O)c1csc2c(N)ncnc12. The molecule has 6 N–H and O–H groups in total. The number of aromatic nitrogens is 3. The zero-order chi connectivity index (χ0) is 23.1. The molecule has 0 unspecified atom stereocenters. The van der Waals surface area contributed by atoms with Crippen molar-refractivity contribution in [3.63, 3.8) is 0 Å². The van der Waals surface area contributed by atoms with Gasteiger partial charge in [0.1, 0.15) is 18.0 Å². The van der Waals surface area contributed by atoms with Crippen LogP contribution >= 0.6 is 11.3 Å². The number of aromatic hydroxyl groups is 2. The summed E-state index contributed by atoms with van der Waals surface area (Å²) in [4.78, 5) is 25.8. The topological polar surface area (TPSA) is 146 Å². The lowest BCUT2D eigenvalue weighted by molar-refractivity contribution is 0.102. The molecule has 10 heteroatoms. The molecule has 9 nitrogen and oxygen atoms in total. The number of nitrogens with two attached hydrogens (primary N) is 1. The Morgan fingerprint density at radius 2 is 1.88 bits per heavy atom. The van der Waals surface area contributed by atoms with Gasteiger partial charge < -0.3 is 26.6 Å². The molecule has 0 aliphatic carbocycles. The number of hydrogen-bond donors (Lipinski definition) is 5. The lowest BCUT2D eigenvalue weighted by atomic mass is 10.0. The number of carbonyl (C=O) groups excluding carboxylic acids is 1. The first-order chi connectivity index (χ1) is 15.9. The Morgan fingerprint density at radius 3 is 2.70 bits per heavy atom. The largest absolute Gasteiger partial charge is 0.504 e. The highest BCUT2D eigenvalue weighted by molar-refractivity contribution is 7.18. The molecule has 0 saturated carbocycles. The number of thiophene rings is 1. The number of carbonyl (C=O) groups is 1. The van der Waals surface area contributed by atoms with Gasteiger partial charge in [0, 0.05) is 34.1 Å². The second-order valence-corrected chi connectivity index (χ2v) is 8.26. The van der Waals surface area contributed by atoms with Crippen LogP contribution in [0.1, 0.15) is 15.9 Å². The van der Waals surface area contributed by atoms with Gasteiger partial charge in [0.05, 0.1) is 21.5 Å². The van der Waals surface area contributed by atoms with Crippen LogP contribution in [0.15, 0.2) is 54.3 Å². The normalized spacial score (nSPS) is 11.1. The predicted molar refractivity (Wildman–Crippen MR) is 129 cm³/mol. The van der Waals surface area contributed by atoms with Crippen LogP contribution in [0.25, 0.3) is 21.0 Å². The number of pyridine rings is 1. The van der Waals surface area contributed by atoms with Gasteiger partial charge in [0.2, 0.25) is 0 Å². The molecule has 5 aromatic rings. The van der Waals surface area contributed by atoms with Gasteiger partial charge in [0.15, 0.2) is 11.5 Å². The first-order valence-electron chi connectivity index (χ1n) is 9.88. The maximum Gasteiger partial charge on any atom is 0.258 e. The molecule has 2 aromatic carbocycles. The molecule has 164 valence electrons. The maximum atomic E-state index is 13.2. The third kappa shape index (κ3) is 3.62. The Balaban J connectivity index is 1.53. The van der Waals surface area contributed by atoms with E-state index in [0.717, 1.165) is 16.3 Å². The molecular weight excluding hydrogens is 440 g/mol. The maximum absolute atomic E-state index is 13.2. The monoisotopic (exact) mass is 458 g/mol. The minimum Gasteiger partial charge on any atom is -0.504 e. The first kappa shape index (κ1) is 20.5. The summed E-state index contributed by atoms with van der Waals surface area (Å²) in [7, 11) is 0. The average Bonchev–Trinajstić information content (AvgIpc) is 3.24. The summed E-state index contributed by atoms with van der Waals surface area (Å²) in [5.41, 5.74) is 8.92. The number of rotatable bonds is 4. The van der Waals surface area contributed by atoms with Crippen molar-refractivity contribution in [1.29, 1.82) is 0 Å². The minimum atomic E-state index is -0.301. The van der Waals surface area contributed by atoms with Crippen LogP contribution in [0, 0.1) is 6.92 Å². The van der Waals surface area contributed by atoms with E-state index in [9.17, 15) is 15.0 Å². The van der Waals surface area contributed by atoms with Gasteiger partial charge in [0.25, 0.3) is 5.91 Å². The molecule has 0 spiro atoms. The van der Waals surface area contributed by atoms with Crippen LogP contribution < -0.4 is 16.4 Å². The first-order valence-corrected chi connectivity index (χ1v) is 10.8. The highest BCUT2D eigenvalue weighted by Crippen LogP contribution is 2.35. The van der Waals surface area contributed by atoms with Gasteiger partial charge in [-0.1, -0.05) is 12.1 Å². The Morgan fingerprint density at radius 1 is 1.03 bits per heavy atom. The fourth-order valence-corrected chi connectivity index (χ4v) is 4.48. The van der Waals surface area contributed by atoms with Gasteiger partial charge >= 0.3 is 0 Å². The van der Waals surface area contributed by atoms with Crippen molar-refractivity contribution in [2.45, 2.75) is 6.92 Å². The van der Waals surface area contributed by atoms with E-state index in [1.165, 1.54) is 29.8 Å². The molecule has 0 aliphatic rings. The Kier molecular flexibility index (Phi) is 4.91. The van der Waals surface area contributed by atoms with E-state index in [2.05, 4.69) is 25.6 Å². The predicted octanol–water partition coefficient (Wildman–Crippen LogP) is 4.54. The molecule has 3 heterocycles. The lowest BCUT2D eigenvalue weighted by Crippen LogP contribution is -2.13. The van der Waals surface area contributed by atoms with E-state index in [-0.39, 0.29) is 17.4 Å². The minimum absolute atomic E-state index is 0.208. The van der Waals surface area contributed by atoms with E-state index in [4.69, 9.17) is 5.73 Å². The molecule has 1 amide bonds. The van der Waals surface area contributed by atoms with Gasteiger partial charge in [-0.2, -0.15) is 0 Å². The highest BCUT2D eigenvalue weighted by Gasteiger charge is 2.18. The van der Waals surface area contributed by atoms with Crippen LogP contribution in [0.5, 0.6) is 11.5 Å². The van der Waals surface area contributed by atoms with Crippen molar-refractivity contribution in [3.8, 4) is 11.5 Å². The Hall–Kier alpha value is -4.44. The van der Waals surface area contributed by atoms with Crippen LogP contribution in [-0.2, 0) is 0 Å². The summed E-state index contributed by atoms with van der Waals surface area (Å²) in [5, 5.41) is 28.8. The summed E-state index contributed by atoms with van der Waals surface area (Å²) >= 11 is 1.32. The van der Waals surface area contributed by atoms with E-state index in [1.807, 2.05) is 25.1 Å². The van der Waals surface area contributed by atoms with Crippen molar-refractivity contribution in [2.75, 3.05) is 16.4 Å². The number of anilines is 4. The Labute approximate surface area is 191 Å². The molecule has 0 saturated heterocycles. The summed E-state index contributed by atoms with van der Waals surface area (Å²) in [6, 6.07) is 10.0. The number of hydrogen-bond acceptors (Lipinski definition) is 9. The van der Waals surface area contributed by atoms with Crippen molar-refractivity contribution < 1.29 is 15.0 Å². The number of benzene rings is 2. The van der Waals surface area contributed by atoms with Crippen molar-refractivity contribution in [1.82, 2.24) is 15.0 Å². The second kappa shape index (κ2) is 7.92. The van der Waals surface area contributed by atoms with Crippen molar-refractivity contribution in [3.05, 3.63) is 65.4 Å². The van der Waals surface area contributed by atoms with E-state index >= 15 is 0 Å². The fraction of sp³-hybridized carbons (Fsp3) is 0.0435. The van der Waals surface area contributed by atoms with Crippen molar-refractivity contribution >= 4 is 61.2 Å². The molecule has 33 heavy (non-hydrogen) atoms. The number of nitrogens with zero attached hydrogens (tertiary/aromatic N) is 3. The van der Waals surface area contributed by atoms with E-state index in [0.29, 0.717) is 38.8 Å². The molecule has 3 aromatic heterocycles. The molecular formula is C23H18N6O3S. The van der Waals surface area contributed by atoms with Crippen LogP contribution in [-0.4, -0.2) is 31.1 Å². The summed E-state index contributed by atoms with van der Waals surface area (Å²) in [6.07, 6.45) is 2.98. The highest BCUT2D eigenvalue weighted by atomic mass is 32.1. The number of fused-ring (bicyclic) bond motifs is 2. The van der Waals surface area contributed by atoms with Crippen LogP contribution in [0.2, 0.25) is 0 Å². The lowest BCUT2D eigenvalue weighted by Gasteiger charge is -2.15. The second-order valence-electron chi connectivity index (χ2n) is 7.38.